The number of hydrogen-bond acceptors (Lipinski definition) is 7. The van der Waals surface area contributed by atoms with Crippen molar-refractivity contribution in [2.75, 3.05) is 56.4 Å². The number of rotatable bonds is 7. The zero-order valence-corrected chi connectivity index (χ0v) is 21.3. The number of fused-ring (bicyclic) bond motifs is 1. The fraction of sp³-hybridized carbons (Fsp3) is 0.370. The zero-order chi connectivity index (χ0) is 25.2. The Kier molecular flexibility index (Phi) is 6.73. The average Bonchev–Trinajstić information content (AvgIpc) is 3.19. The molecular formula is C27H33FN8. The summed E-state index contributed by atoms with van der Waals surface area (Å²) >= 11 is 0. The first-order valence-electron chi connectivity index (χ1n) is 12.3. The van der Waals surface area contributed by atoms with Crippen LogP contribution >= 0.6 is 0 Å². The van der Waals surface area contributed by atoms with Crippen molar-refractivity contribution in [2.24, 2.45) is 0 Å². The van der Waals surface area contributed by atoms with Crippen LogP contribution in [0.15, 0.2) is 54.9 Å². The minimum absolute atomic E-state index is 0.345. The van der Waals surface area contributed by atoms with Gasteiger partial charge in [-0.3, -0.25) is 0 Å². The van der Waals surface area contributed by atoms with E-state index in [1.165, 1.54) is 30.9 Å². The topological polar surface area (TPSA) is 65.4 Å². The summed E-state index contributed by atoms with van der Waals surface area (Å²) in [5, 5.41) is 3.66. The number of nitrogens with one attached hydrogen (secondary N) is 1. The lowest BCUT2D eigenvalue weighted by atomic mass is 10.0. The van der Waals surface area contributed by atoms with Gasteiger partial charge < -0.3 is 24.6 Å². The molecule has 8 nitrogen and oxygen atoms in total. The lowest BCUT2D eigenvalue weighted by molar-refractivity contribution is 0.249. The summed E-state index contributed by atoms with van der Waals surface area (Å²) < 4.78 is 16.4. The summed E-state index contributed by atoms with van der Waals surface area (Å²) in [4.78, 5) is 20.3. The molecule has 0 bridgehead atoms. The monoisotopic (exact) mass is 488 g/mol. The van der Waals surface area contributed by atoms with Crippen LogP contribution in [0.4, 0.5) is 27.5 Å². The fourth-order valence-corrected chi connectivity index (χ4v) is 4.71. The number of halogens is 1. The van der Waals surface area contributed by atoms with E-state index in [1.54, 1.807) is 4.57 Å². The average molecular weight is 489 g/mol. The number of pyridine rings is 1. The van der Waals surface area contributed by atoms with Crippen molar-refractivity contribution in [3.8, 4) is 0 Å². The second-order valence-electron chi connectivity index (χ2n) is 9.77. The van der Waals surface area contributed by atoms with Crippen LogP contribution in [0, 0.1) is 5.82 Å². The van der Waals surface area contributed by atoms with Crippen molar-refractivity contribution < 1.29 is 4.39 Å². The molecule has 1 aliphatic heterocycles. The van der Waals surface area contributed by atoms with Crippen LogP contribution in [-0.4, -0.2) is 71.7 Å². The summed E-state index contributed by atoms with van der Waals surface area (Å²) in [6, 6.07) is 14.8. The quantitative estimate of drug-likeness (QED) is 0.415. The van der Waals surface area contributed by atoms with E-state index < -0.39 is 0 Å². The number of nitrogens with zero attached hydrogens (tertiary/aromatic N) is 7. The van der Waals surface area contributed by atoms with Gasteiger partial charge in [0.05, 0.1) is 17.6 Å². The molecular weight excluding hydrogens is 455 g/mol. The van der Waals surface area contributed by atoms with E-state index in [9.17, 15) is 4.39 Å². The molecule has 0 saturated carbocycles. The van der Waals surface area contributed by atoms with Gasteiger partial charge in [0, 0.05) is 57.0 Å². The van der Waals surface area contributed by atoms with Crippen molar-refractivity contribution in [2.45, 2.75) is 25.4 Å². The molecule has 0 spiro atoms. The van der Waals surface area contributed by atoms with Gasteiger partial charge in [-0.15, -0.1) is 0 Å². The Hall–Kier alpha value is -3.72. The first-order chi connectivity index (χ1) is 17.4. The summed E-state index contributed by atoms with van der Waals surface area (Å²) in [6.07, 6.45) is 5.34. The largest absolute Gasteiger partial charge is 0.371 e. The molecule has 0 aliphatic carbocycles. The van der Waals surface area contributed by atoms with E-state index in [1.807, 2.05) is 49.3 Å². The summed E-state index contributed by atoms with van der Waals surface area (Å²) in [6.45, 7) is 2.53. The third-order valence-corrected chi connectivity index (χ3v) is 6.83. The van der Waals surface area contributed by atoms with E-state index in [-0.39, 0.29) is 5.82 Å². The van der Waals surface area contributed by atoms with E-state index >= 15 is 0 Å². The first-order valence-corrected chi connectivity index (χ1v) is 12.3. The predicted molar refractivity (Wildman–Crippen MR) is 144 cm³/mol. The SMILES string of the molecule is CN(C)c1cccc(Cn2cc(F)c3cnc(Nc4ccc(N5CCC(N(C)C)CC5)cc4)nc32)n1. The van der Waals surface area contributed by atoms with Gasteiger partial charge in [-0.2, -0.15) is 4.98 Å². The third-order valence-electron chi connectivity index (χ3n) is 6.83. The van der Waals surface area contributed by atoms with Crippen LogP contribution in [0.2, 0.25) is 0 Å². The van der Waals surface area contributed by atoms with Crippen molar-refractivity contribution in [1.29, 1.82) is 0 Å². The van der Waals surface area contributed by atoms with Gasteiger partial charge in [-0.1, -0.05) is 6.07 Å². The molecule has 3 aromatic heterocycles. The predicted octanol–water partition coefficient (Wildman–Crippen LogP) is 4.35. The molecule has 0 atom stereocenters. The van der Waals surface area contributed by atoms with Crippen LogP contribution < -0.4 is 15.1 Å². The van der Waals surface area contributed by atoms with Gasteiger partial charge in [0.15, 0.2) is 5.82 Å². The van der Waals surface area contributed by atoms with Gasteiger partial charge in [-0.05, 0) is 63.3 Å². The lowest BCUT2D eigenvalue weighted by Gasteiger charge is -2.36. The Labute approximate surface area is 211 Å². The molecule has 1 aromatic carbocycles. The van der Waals surface area contributed by atoms with E-state index in [0.717, 1.165) is 30.3 Å². The molecule has 1 aliphatic rings. The maximum atomic E-state index is 14.6. The molecule has 0 unspecified atom stereocenters. The summed E-state index contributed by atoms with van der Waals surface area (Å²) in [5.74, 6) is 0.936. The summed E-state index contributed by atoms with van der Waals surface area (Å²) in [7, 11) is 8.21. The van der Waals surface area contributed by atoms with Crippen molar-refractivity contribution >= 4 is 34.2 Å². The minimum Gasteiger partial charge on any atom is -0.371 e. The standard InChI is InChI=1S/C27H33FN8/c1-33(2)21-12-14-35(15-13-21)22-10-8-19(9-11-22)31-27-29-16-23-24(28)18-36(26(23)32-27)17-20-6-5-7-25(30-20)34(3)4/h5-11,16,18,21H,12-15,17H2,1-4H3,(H,29,31,32). The smallest absolute Gasteiger partial charge is 0.229 e. The molecule has 4 heterocycles. The minimum atomic E-state index is -0.345. The molecule has 1 saturated heterocycles. The Morgan fingerprint density at radius 2 is 1.75 bits per heavy atom. The lowest BCUT2D eigenvalue weighted by Crippen LogP contribution is -2.41. The second kappa shape index (κ2) is 10.1. The maximum absolute atomic E-state index is 14.6. The molecule has 1 N–H and O–H groups in total. The van der Waals surface area contributed by atoms with Crippen molar-refractivity contribution in [1.82, 2.24) is 24.4 Å². The van der Waals surface area contributed by atoms with Gasteiger partial charge in [0.25, 0.3) is 0 Å². The van der Waals surface area contributed by atoms with E-state index in [4.69, 9.17) is 0 Å². The highest BCUT2D eigenvalue weighted by molar-refractivity contribution is 5.78. The molecule has 36 heavy (non-hydrogen) atoms. The number of anilines is 4. The number of aromatic nitrogens is 4. The van der Waals surface area contributed by atoms with Crippen LogP contribution in [-0.2, 0) is 6.54 Å². The van der Waals surface area contributed by atoms with Crippen LogP contribution in [0.3, 0.4) is 0 Å². The first kappa shape index (κ1) is 24.0. The number of hydrogen-bond donors (Lipinski definition) is 1. The third kappa shape index (κ3) is 5.11. The van der Waals surface area contributed by atoms with E-state index in [0.29, 0.717) is 29.6 Å². The van der Waals surface area contributed by atoms with Crippen LogP contribution in [0.25, 0.3) is 11.0 Å². The van der Waals surface area contributed by atoms with Crippen LogP contribution in [0.5, 0.6) is 0 Å². The van der Waals surface area contributed by atoms with Gasteiger partial charge >= 0.3 is 0 Å². The molecule has 0 radical (unpaired) electrons. The Bertz CT molecular complexity index is 1320. The molecule has 5 rings (SSSR count). The summed E-state index contributed by atoms with van der Waals surface area (Å²) in [5.41, 5.74) is 3.47. The Balaban J connectivity index is 1.31. The van der Waals surface area contributed by atoms with E-state index in [2.05, 4.69) is 56.3 Å². The van der Waals surface area contributed by atoms with Gasteiger partial charge in [0.2, 0.25) is 5.95 Å². The highest BCUT2D eigenvalue weighted by Crippen LogP contribution is 2.25. The fourth-order valence-electron chi connectivity index (χ4n) is 4.71. The molecule has 0 amide bonds. The zero-order valence-electron chi connectivity index (χ0n) is 21.3. The van der Waals surface area contributed by atoms with Gasteiger partial charge in [0.1, 0.15) is 11.5 Å². The van der Waals surface area contributed by atoms with Crippen LogP contribution in [0.1, 0.15) is 18.5 Å². The maximum Gasteiger partial charge on any atom is 0.229 e. The molecule has 9 heteroatoms. The number of piperidine rings is 1. The highest BCUT2D eigenvalue weighted by Gasteiger charge is 2.20. The van der Waals surface area contributed by atoms with Crippen molar-refractivity contribution in [3.05, 3.63) is 66.4 Å². The molecule has 4 aromatic rings. The van der Waals surface area contributed by atoms with Crippen molar-refractivity contribution in [3.63, 3.8) is 0 Å². The Morgan fingerprint density at radius 3 is 2.44 bits per heavy atom. The normalized spacial score (nSPS) is 14.6. The molecule has 1 fully saturated rings. The second-order valence-corrected chi connectivity index (χ2v) is 9.77. The highest BCUT2D eigenvalue weighted by atomic mass is 19.1. The molecule has 188 valence electrons. The Morgan fingerprint density at radius 1 is 1.00 bits per heavy atom. The van der Waals surface area contributed by atoms with Gasteiger partial charge in [-0.25, -0.2) is 14.4 Å². The number of benzene rings is 1.